The van der Waals surface area contributed by atoms with Crippen LogP contribution >= 0.6 is 23.2 Å². The third-order valence-electron chi connectivity index (χ3n) is 3.32. The van der Waals surface area contributed by atoms with Gasteiger partial charge in [0, 0.05) is 10.6 Å². The Morgan fingerprint density at radius 3 is 2.81 bits per heavy atom. The minimum absolute atomic E-state index is 0.215. The molecule has 2 nitrogen and oxygen atoms in total. The summed E-state index contributed by atoms with van der Waals surface area (Å²) in [6.07, 6.45) is 2.40. The molecule has 0 saturated heterocycles. The second-order valence-electron chi connectivity index (χ2n) is 4.63. The van der Waals surface area contributed by atoms with Gasteiger partial charge in [0.15, 0.2) is 0 Å². The standard InChI is InChI=1S/C12H12Cl2N2/c1-12(4-5-12)16-10-3-2-8(14)6-9(10)15-11(16)7-13/h2-3,6H,4-5,7H2,1H3. The second-order valence-corrected chi connectivity index (χ2v) is 5.33. The van der Waals surface area contributed by atoms with E-state index in [4.69, 9.17) is 23.2 Å². The molecule has 0 bridgehead atoms. The van der Waals surface area contributed by atoms with Gasteiger partial charge in [-0.15, -0.1) is 11.6 Å². The summed E-state index contributed by atoms with van der Waals surface area (Å²) in [6.45, 7) is 2.25. The zero-order valence-corrected chi connectivity index (χ0v) is 10.5. The molecule has 2 aromatic rings. The number of hydrogen-bond donors (Lipinski definition) is 0. The van der Waals surface area contributed by atoms with Crippen molar-refractivity contribution in [1.82, 2.24) is 9.55 Å². The van der Waals surface area contributed by atoms with Crippen LogP contribution in [-0.2, 0) is 11.4 Å². The highest BCUT2D eigenvalue weighted by Crippen LogP contribution is 2.45. The molecule has 1 heterocycles. The molecule has 3 rings (SSSR count). The van der Waals surface area contributed by atoms with Crippen molar-refractivity contribution >= 4 is 34.2 Å². The molecule has 0 N–H and O–H groups in total. The van der Waals surface area contributed by atoms with E-state index in [9.17, 15) is 0 Å². The van der Waals surface area contributed by atoms with Gasteiger partial charge in [0.1, 0.15) is 5.82 Å². The molecule has 1 aromatic carbocycles. The molecule has 16 heavy (non-hydrogen) atoms. The number of halogens is 2. The molecule has 84 valence electrons. The lowest BCUT2D eigenvalue weighted by Crippen LogP contribution is -2.14. The highest BCUT2D eigenvalue weighted by molar-refractivity contribution is 6.31. The predicted molar refractivity (Wildman–Crippen MR) is 67.2 cm³/mol. The minimum Gasteiger partial charge on any atom is -0.321 e. The monoisotopic (exact) mass is 254 g/mol. The number of rotatable bonds is 2. The van der Waals surface area contributed by atoms with Gasteiger partial charge >= 0.3 is 0 Å². The van der Waals surface area contributed by atoms with Gasteiger partial charge in [-0.1, -0.05) is 11.6 Å². The van der Waals surface area contributed by atoms with E-state index >= 15 is 0 Å². The largest absolute Gasteiger partial charge is 0.321 e. The molecule has 0 amide bonds. The molecule has 1 aliphatic rings. The lowest BCUT2D eigenvalue weighted by molar-refractivity contribution is 0.531. The lowest BCUT2D eigenvalue weighted by Gasteiger charge is -2.14. The van der Waals surface area contributed by atoms with E-state index in [-0.39, 0.29) is 5.54 Å². The molecule has 1 aromatic heterocycles. The Morgan fingerprint density at radius 1 is 1.44 bits per heavy atom. The van der Waals surface area contributed by atoms with Crippen molar-refractivity contribution in [2.75, 3.05) is 0 Å². The van der Waals surface area contributed by atoms with Crippen LogP contribution in [0.2, 0.25) is 5.02 Å². The third-order valence-corrected chi connectivity index (χ3v) is 3.79. The van der Waals surface area contributed by atoms with Gasteiger partial charge in [0.05, 0.1) is 16.9 Å². The van der Waals surface area contributed by atoms with Gasteiger partial charge in [-0.3, -0.25) is 0 Å². The maximum Gasteiger partial charge on any atom is 0.125 e. The van der Waals surface area contributed by atoms with Crippen molar-refractivity contribution in [3.8, 4) is 0 Å². The van der Waals surface area contributed by atoms with Gasteiger partial charge < -0.3 is 4.57 Å². The van der Waals surface area contributed by atoms with E-state index < -0.39 is 0 Å². The van der Waals surface area contributed by atoms with E-state index in [1.54, 1.807) is 0 Å². The Bertz CT molecular complexity index is 555. The summed E-state index contributed by atoms with van der Waals surface area (Å²) >= 11 is 11.9. The topological polar surface area (TPSA) is 17.8 Å². The molecule has 1 saturated carbocycles. The average molecular weight is 255 g/mol. The number of imidazole rings is 1. The van der Waals surface area contributed by atoms with Crippen LogP contribution in [0.5, 0.6) is 0 Å². The van der Waals surface area contributed by atoms with Gasteiger partial charge in [-0.2, -0.15) is 0 Å². The molecule has 0 radical (unpaired) electrons. The Kier molecular flexibility index (Phi) is 2.20. The Hall–Kier alpha value is -0.730. The molecule has 0 atom stereocenters. The van der Waals surface area contributed by atoms with E-state index in [2.05, 4.69) is 16.5 Å². The summed E-state index contributed by atoms with van der Waals surface area (Å²) in [5.74, 6) is 1.39. The molecule has 4 heteroatoms. The molecule has 0 aliphatic heterocycles. The molecule has 1 fully saturated rings. The fourth-order valence-corrected chi connectivity index (χ4v) is 2.55. The van der Waals surface area contributed by atoms with Crippen LogP contribution in [0, 0.1) is 0 Å². The molecular formula is C12H12Cl2N2. The zero-order valence-electron chi connectivity index (χ0n) is 9.00. The van der Waals surface area contributed by atoms with Crippen LogP contribution in [0.1, 0.15) is 25.6 Å². The maximum absolute atomic E-state index is 5.97. The Balaban J connectivity index is 2.31. The fourth-order valence-electron chi connectivity index (χ4n) is 2.20. The first-order valence-electron chi connectivity index (χ1n) is 5.37. The number of fused-ring (bicyclic) bond motifs is 1. The first-order valence-corrected chi connectivity index (χ1v) is 6.29. The summed E-state index contributed by atoms with van der Waals surface area (Å²) in [7, 11) is 0. The summed E-state index contributed by atoms with van der Waals surface area (Å²) in [6, 6.07) is 5.84. The van der Waals surface area contributed by atoms with Crippen LogP contribution in [0.25, 0.3) is 11.0 Å². The van der Waals surface area contributed by atoms with Crippen molar-refractivity contribution in [2.24, 2.45) is 0 Å². The normalized spacial score (nSPS) is 17.9. The van der Waals surface area contributed by atoms with Crippen LogP contribution in [-0.4, -0.2) is 9.55 Å². The lowest BCUT2D eigenvalue weighted by atomic mass is 10.2. The maximum atomic E-state index is 5.97. The Labute approximate surface area is 104 Å². The van der Waals surface area contributed by atoms with Crippen molar-refractivity contribution < 1.29 is 0 Å². The first kappa shape index (κ1) is 10.4. The van der Waals surface area contributed by atoms with Crippen LogP contribution in [0.4, 0.5) is 0 Å². The predicted octanol–water partition coefficient (Wildman–Crippen LogP) is 3.94. The zero-order chi connectivity index (χ0) is 11.3. The van der Waals surface area contributed by atoms with Gasteiger partial charge in [-0.05, 0) is 38.0 Å². The minimum atomic E-state index is 0.215. The van der Waals surface area contributed by atoms with Crippen LogP contribution < -0.4 is 0 Å². The van der Waals surface area contributed by atoms with Gasteiger partial charge in [0.25, 0.3) is 0 Å². The quantitative estimate of drug-likeness (QED) is 0.743. The van der Waals surface area contributed by atoms with Crippen molar-refractivity contribution in [3.63, 3.8) is 0 Å². The van der Waals surface area contributed by atoms with Crippen molar-refractivity contribution in [3.05, 3.63) is 29.0 Å². The third kappa shape index (κ3) is 1.44. The smallest absolute Gasteiger partial charge is 0.125 e. The number of aromatic nitrogens is 2. The van der Waals surface area contributed by atoms with E-state index in [1.165, 1.54) is 12.8 Å². The number of benzene rings is 1. The van der Waals surface area contributed by atoms with Crippen molar-refractivity contribution in [1.29, 1.82) is 0 Å². The molecule has 0 unspecified atom stereocenters. The second kappa shape index (κ2) is 3.38. The summed E-state index contributed by atoms with van der Waals surface area (Å²) in [4.78, 5) is 4.55. The van der Waals surface area contributed by atoms with Gasteiger partial charge in [0.2, 0.25) is 0 Å². The molecule has 1 aliphatic carbocycles. The van der Waals surface area contributed by atoms with E-state index in [0.29, 0.717) is 5.88 Å². The highest BCUT2D eigenvalue weighted by Gasteiger charge is 2.41. The number of nitrogens with zero attached hydrogens (tertiary/aromatic N) is 2. The number of alkyl halides is 1. The average Bonchev–Trinajstić information content (AvgIpc) is 2.89. The Morgan fingerprint density at radius 2 is 2.19 bits per heavy atom. The molecular weight excluding hydrogens is 243 g/mol. The summed E-state index contributed by atoms with van der Waals surface area (Å²) in [5, 5.41) is 0.722. The van der Waals surface area contributed by atoms with Crippen LogP contribution in [0.3, 0.4) is 0 Å². The van der Waals surface area contributed by atoms with Gasteiger partial charge in [-0.25, -0.2) is 4.98 Å². The molecule has 0 spiro atoms. The van der Waals surface area contributed by atoms with Crippen molar-refractivity contribution in [2.45, 2.75) is 31.2 Å². The fraction of sp³-hybridized carbons (Fsp3) is 0.417. The highest BCUT2D eigenvalue weighted by atomic mass is 35.5. The first-order chi connectivity index (χ1) is 7.64. The summed E-state index contributed by atoms with van der Waals surface area (Å²) in [5.41, 5.74) is 2.30. The van der Waals surface area contributed by atoms with E-state index in [0.717, 1.165) is 21.9 Å². The SMILES string of the molecule is CC1(n2c(CCl)nc3cc(Cl)ccc32)CC1. The van der Waals surface area contributed by atoms with E-state index in [1.807, 2.05) is 18.2 Å². The summed E-state index contributed by atoms with van der Waals surface area (Å²) < 4.78 is 2.27. The number of hydrogen-bond acceptors (Lipinski definition) is 1. The van der Waals surface area contributed by atoms with Crippen LogP contribution in [0.15, 0.2) is 18.2 Å².